The quantitative estimate of drug-likeness (QED) is 0.661. The highest BCUT2D eigenvalue weighted by atomic mass is 28.3. The topological polar surface area (TPSA) is 46.6 Å². The van der Waals surface area contributed by atoms with Gasteiger partial charge in [-0.3, -0.25) is 9.69 Å². The Kier molecular flexibility index (Phi) is 6.18. The molecule has 2 aliphatic rings. The molecular weight excluding hydrogens is 330 g/mol. The van der Waals surface area contributed by atoms with E-state index in [0.717, 1.165) is 18.0 Å². The molecule has 0 radical (unpaired) electrons. The normalized spacial score (nSPS) is 31.1. The van der Waals surface area contributed by atoms with Gasteiger partial charge < -0.3 is 4.74 Å². The fourth-order valence-corrected chi connectivity index (χ4v) is 5.57. The van der Waals surface area contributed by atoms with Crippen LogP contribution in [0.25, 0.3) is 0 Å². The van der Waals surface area contributed by atoms with Gasteiger partial charge in [-0.15, -0.1) is 0 Å². The molecule has 1 aliphatic heterocycles. The van der Waals surface area contributed by atoms with Crippen LogP contribution in [-0.4, -0.2) is 37.0 Å². The van der Waals surface area contributed by atoms with E-state index in [4.69, 9.17) is 4.74 Å². The Hall–Kier alpha value is -1.10. The number of ether oxygens (including phenoxy) is 1. The van der Waals surface area contributed by atoms with Gasteiger partial charge in [0.2, 0.25) is 0 Å². The Morgan fingerprint density at radius 3 is 2.44 bits per heavy atom. The van der Waals surface area contributed by atoms with Crippen molar-refractivity contribution in [2.24, 2.45) is 17.8 Å². The number of Topliss-reactive ketones (excluding diaryl/α,β-unsaturated/α-hetero) is 1. The third kappa shape index (κ3) is 4.75. The van der Waals surface area contributed by atoms with Crippen molar-refractivity contribution >= 4 is 20.0 Å². The average Bonchev–Trinajstić information content (AvgIpc) is 2.45. The van der Waals surface area contributed by atoms with Crippen molar-refractivity contribution in [1.29, 1.82) is 0 Å². The summed E-state index contributed by atoms with van der Waals surface area (Å²) in [5.74, 6) is 1.74. The predicted octanol–water partition coefficient (Wildman–Crippen LogP) is 5.01. The zero-order valence-corrected chi connectivity index (χ0v) is 18.0. The molecule has 1 aliphatic carbocycles. The minimum absolute atomic E-state index is 0.00944. The van der Waals surface area contributed by atoms with Crippen molar-refractivity contribution in [2.75, 3.05) is 0 Å². The zero-order valence-electron chi connectivity index (χ0n) is 17.0. The van der Waals surface area contributed by atoms with Gasteiger partial charge in [0.05, 0.1) is 8.07 Å². The van der Waals surface area contributed by atoms with E-state index in [0.29, 0.717) is 24.2 Å². The summed E-state index contributed by atoms with van der Waals surface area (Å²) in [5.41, 5.74) is 0. The molecule has 1 heterocycles. The van der Waals surface area contributed by atoms with E-state index in [9.17, 15) is 9.59 Å². The van der Waals surface area contributed by atoms with Gasteiger partial charge in [-0.25, -0.2) is 4.79 Å². The van der Waals surface area contributed by atoms with Gasteiger partial charge in [0, 0.05) is 18.7 Å². The lowest BCUT2D eigenvalue weighted by atomic mass is 9.75. The maximum absolute atomic E-state index is 12.9. The Morgan fingerprint density at radius 2 is 1.88 bits per heavy atom. The molecule has 0 aromatic heterocycles. The molecule has 1 saturated carbocycles. The lowest BCUT2D eigenvalue weighted by Crippen LogP contribution is -2.46. The van der Waals surface area contributed by atoms with Gasteiger partial charge >= 0.3 is 6.09 Å². The molecule has 142 valence electrons. The molecule has 0 aromatic carbocycles. The lowest BCUT2D eigenvalue weighted by molar-refractivity contribution is -0.116. The largest absolute Gasteiger partial charge is 0.446 e. The van der Waals surface area contributed by atoms with E-state index < -0.39 is 8.07 Å². The Balaban J connectivity index is 2.17. The Bertz CT molecular complexity index is 550. The second-order valence-corrected chi connectivity index (χ2v) is 14.5. The molecule has 5 heteroatoms. The summed E-state index contributed by atoms with van der Waals surface area (Å²) in [6, 6.07) is -0.126. The number of hydrogen-bond donors (Lipinski definition) is 0. The van der Waals surface area contributed by atoms with Gasteiger partial charge in [-0.2, -0.15) is 0 Å². The van der Waals surface area contributed by atoms with Crippen LogP contribution in [0.5, 0.6) is 0 Å². The van der Waals surface area contributed by atoms with Crippen molar-refractivity contribution in [3.63, 3.8) is 0 Å². The summed E-state index contributed by atoms with van der Waals surface area (Å²) >= 11 is 0. The molecule has 0 bridgehead atoms. The average molecular weight is 366 g/mol. The van der Waals surface area contributed by atoms with Crippen molar-refractivity contribution in [2.45, 2.75) is 85.2 Å². The van der Waals surface area contributed by atoms with Crippen molar-refractivity contribution in [3.05, 3.63) is 11.4 Å². The van der Waals surface area contributed by atoms with Crippen molar-refractivity contribution in [1.82, 2.24) is 4.90 Å². The van der Waals surface area contributed by atoms with E-state index in [1.807, 2.05) is 6.92 Å². The maximum atomic E-state index is 12.9. The highest BCUT2D eigenvalue weighted by Gasteiger charge is 2.38. The first kappa shape index (κ1) is 20.2. The summed E-state index contributed by atoms with van der Waals surface area (Å²) in [6.45, 7) is 15.0. The Morgan fingerprint density at radius 1 is 1.24 bits per heavy atom. The standard InChI is InChI=1S/C20H35NO3Si/c1-13(2)16-9-8-14(3)10-18(16)24-20(23)21-12-19(25(5,6)7)17(22)11-15(21)4/h12-16,18H,8-11H2,1-7H3/t14-,15-,16+,18-/m1/s1. The van der Waals surface area contributed by atoms with E-state index in [-0.39, 0.29) is 24.0 Å². The van der Waals surface area contributed by atoms with Crippen LogP contribution < -0.4 is 0 Å². The first-order chi connectivity index (χ1) is 11.5. The van der Waals surface area contributed by atoms with Gasteiger partial charge in [0.15, 0.2) is 5.78 Å². The summed E-state index contributed by atoms with van der Waals surface area (Å²) in [7, 11) is -1.77. The van der Waals surface area contributed by atoms with E-state index in [1.54, 1.807) is 11.1 Å². The number of rotatable bonds is 3. The third-order valence-electron chi connectivity index (χ3n) is 5.76. The fraction of sp³-hybridized carbons (Fsp3) is 0.800. The molecular formula is C20H35NO3Si. The van der Waals surface area contributed by atoms with Gasteiger partial charge in [0.25, 0.3) is 0 Å². The van der Waals surface area contributed by atoms with Crippen molar-refractivity contribution in [3.8, 4) is 0 Å². The molecule has 4 atom stereocenters. The SMILES string of the molecule is CC(C)[C@@H]1CC[C@@H](C)C[C@H]1OC(=O)N1C=C([Si](C)(C)C)C(=O)C[C@H]1C. The molecule has 2 rings (SSSR count). The molecule has 1 amide bonds. The van der Waals surface area contributed by atoms with Crippen LogP contribution in [-0.2, 0) is 9.53 Å². The van der Waals surface area contributed by atoms with Crippen molar-refractivity contribution < 1.29 is 14.3 Å². The third-order valence-corrected chi connectivity index (χ3v) is 7.78. The second kappa shape index (κ2) is 7.64. The number of carbonyl (C=O) groups is 2. The smallest absolute Gasteiger partial charge is 0.414 e. The zero-order chi connectivity index (χ0) is 18.9. The van der Waals surface area contributed by atoms with Crippen LogP contribution in [0.4, 0.5) is 4.79 Å². The molecule has 0 N–H and O–H groups in total. The molecule has 0 unspecified atom stereocenters. The first-order valence-electron chi connectivity index (χ1n) is 9.75. The summed E-state index contributed by atoms with van der Waals surface area (Å²) in [4.78, 5) is 26.9. The maximum Gasteiger partial charge on any atom is 0.414 e. The number of carbonyl (C=O) groups excluding carboxylic acids is 2. The van der Waals surface area contributed by atoms with Crippen LogP contribution in [0, 0.1) is 17.8 Å². The predicted molar refractivity (Wildman–Crippen MR) is 104 cm³/mol. The van der Waals surface area contributed by atoms with Crippen LogP contribution >= 0.6 is 0 Å². The molecule has 25 heavy (non-hydrogen) atoms. The minimum Gasteiger partial charge on any atom is -0.446 e. The summed E-state index contributed by atoms with van der Waals surface area (Å²) in [6.07, 6.45) is 5.19. The highest BCUT2D eigenvalue weighted by Crippen LogP contribution is 2.36. The van der Waals surface area contributed by atoms with E-state index >= 15 is 0 Å². The van der Waals surface area contributed by atoms with E-state index in [2.05, 4.69) is 40.4 Å². The van der Waals surface area contributed by atoms with Crippen LogP contribution in [0.1, 0.15) is 53.4 Å². The summed E-state index contributed by atoms with van der Waals surface area (Å²) < 4.78 is 5.99. The van der Waals surface area contributed by atoms with Gasteiger partial charge in [-0.1, -0.05) is 46.8 Å². The fourth-order valence-electron chi connectivity index (χ4n) is 4.10. The van der Waals surface area contributed by atoms with E-state index in [1.165, 1.54) is 6.42 Å². The molecule has 1 fully saturated rings. The van der Waals surface area contributed by atoms with Gasteiger partial charge in [0.1, 0.15) is 6.10 Å². The molecule has 0 aromatic rings. The molecule has 0 saturated heterocycles. The van der Waals surface area contributed by atoms with Crippen LogP contribution in [0.2, 0.25) is 19.6 Å². The highest BCUT2D eigenvalue weighted by molar-refractivity contribution is 6.87. The monoisotopic (exact) mass is 365 g/mol. The van der Waals surface area contributed by atoms with Gasteiger partial charge in [-0.05, 0) is 42.7 Å². The number of allylic oxidation sites excluding steroid dienone is 1. The molecule has 4 nitrogen and oxygen atoms in total. The number of ketones is 1. The van der Waals surface area contributed by atoms with Crippen LogP contribution in [0.3, 0.4) is 0 Å². The lowest BCUT2D eigenvalue weighted by Gasteiger charge is -2.39. The summed E-state index contributed by atoms with van der Waals surface area (Å²) in [5, 5.41) is 0.847. The van der Waals surface area contributed by atoms with Crippen LogP contribution in [0.15, 0.2) is 11.4 Å². The Labute approximate surface area is 154 Å². The number of nitrogens with zero attached hydrogens (tertiary/aromatic N) is 1. The first-order valence-corrected chi connectivity index (χ1v) is 13.2. The minimum atomic E-state index is -1.77. The number of amides is 1. The second-order valence-electron chi connectivity index (χ2n) is 9.42. The molecule has 0 spiro atoms. The number of hydrogen-bond acceptors (Lipinski definition) is 3.